The Morgan fingerprint density at radius 2 is 2.00 bits per heavy atom. The highest BCUT2D eigenvalue weighted by molar-refractivity contribution is 7.14. The molecule has 0 radical (unpaired) electrons. The second-order valence-corrected chi connectivity index (χ2v) is 6.60. The van der Waals surface area contributed by atoms with E-state index in [-0.39, 0.29) is 11.3 Å². The van der Waals surface area contributed by atoms with Gasteiger partial charge in [-0.1, -0.05) is 24.3 Å². The first kappa shape index (κ1) is 16.4. The average Bonchev–Trinajstić information content (AvgIpc) is 3.30. The molecule has 7 nitrogen and oxygen atoms in total. The topological polar surface area (TPSA) is 94.4 Å². The van der Waals surface area contributed by atoms with Crippen LogP contribution in [-0.4, -0.2) is 15.8 Å². The SMILES string of the molecule is O=C(Nc1nc(-c2ccc3c(c2)COC3)cs1)c1ccccc1[N+](=O)[O-]. The Balaban J connectivity index is 1.56. The summed E-state index contributed by atoms with van der Waals surface area (Å²) in [5.74, 6) is -0.555. The van der Waals surface area contributed by atoms with Crippen LogP contribution < -0.4 is 5.32 Å². The molecule has 0 aliphatic carbocycles. The van der Waals surface area contributed by atoms with Crippen LogP contribution in [0.2, 0.25) is 0 Å². The number of thiazole rings is 1. The molecule has 2 aromatic carbocycles. The molecule has 1 N–H and O–H groups in total. The Morgan fingerprint density at radius 1 is 1.19 bits per heavy atom. The minimum absolute atomic E-state index is 0.00364. The van der Waals surface area contributed by atoms with E-state index in [0.29, 0.717) is 18.3 Å². The predicted octanol–water partition coefficient (Wildman–Crippen LogP) is 4.00. The van der Waals surface area contributed by atoms with Crippen molar-refractivity contribution in [3.63, 3.8) is 0 Å². The first-order valence-corrected chi connectivity index (χ1v) is 8.70. The summed E-state index contributed by atoms with van der Waals surface area (Å²) in [4.78, 5) is 27.3. The van der Waals surface area contributed by atoms with Gasteiger partial charge in [0.25, 0.3) is 11.6 Å². The number of para-hydroxylation sites is 1. The number of nitrogens with one attached hydrogen (secondary N) is 1. The Bertz CT molecular complexity index is 1020. The molecule has 0 spiro atoms. The molecule has 4 rings (SSSR count). The van der Waals surface area contributed by atoms with Crippen molar-refractivity contribution in [2.24, 2.45) is 0 Å². The minimum Gasteiger partial charge on any atom is -0.372 e. The molecule has 0 unspecified atom stereocenters. The van der Waals surface area contributed by atoms with Gasteiger partial charge in [-0.15, -0.1) is 11.3 Å². The molecule has 1 aliphatic rings. The number of hydrogen-bond donors (Lipinski definition) is 1. The summed E-state index contributed by atoms with van der Waals surface area (Å²) in [7, 11) is 0. The number of benzene rings is 2. The zero-order valence-electron chi connectivity index (χ0n) is 13.5. The van der Waals surface area contributed by atoms with E-state index >= 15 is 0 Å². The Labute approximate surface area is 152 Å². The van der Waals surface area contributed by atoms with Gasteiger partial charge in [0, 0.05) is 17.0 Å². The molecule has 1 aromatic heterocycles. The average molecular weight is 367 g/mol. The van der Waals surface area contributed by atoms with E-state index in [1.165, 1.54) is 35.1 Å². The molecular weight excluding hydrogens is 354 g/mol. The maximum atomic E-state index is 12.4. The van der Waals surface area contributed by atoms with Crippen LogP contribution >= 0.6 is 11.3 Å². The second kappa shape index (κ2) is 6.66. The fourth-order valence-corrected chi connectivity index (χ4v) is 3.50. The summed E-state index contributed by atoms with van der Waals surface area (Å²) in [5, 5.41) is 15.9. The number of fused-ring (bicyclic) bond motifs is 1. The van der Waals surface area contributed by atoms with Gasteiger partial charge >= 0.3 is 0 Å². The van der Waals surface area contributed by atoms with E-state index in [1.807, 2.05) is 23.6 Å². The fraction of sp³-hybridized carbons (Fsp3) is 0.111. The molecular formula is C18H13N3O4S. The predicted molar refractivity (Wildman–Crippen MR) is 97.1 cm³/mol. The molecule has 0 atom stereocenters. The van der Waals surface area contributed by atoms with Crippen LogP contribution in [0.15, 0.2) is 47.8 Å². The summed E-state index contributed by atoms with van der Waals surface area (Å²) in [5.41, 5.74) is 3.76. The Hall–Kier alpha value is -3.10. The zero-order valence-corrected chi connectivity index (χ0v) is 14.3. The number of nitro benzene ring substituents is 1. The number of nitrogens with zero attached hydrogens (tertiary/aromatic N) is 2. The van der Waals surface area contributed by atoms with Crippen molar-refractivity contribution < 1.29 is 14.5 Å². The molecule has 1 amide bonds. The van der Waals surface area contributed by atoms with Crippen molar-refractivity contribution in [2.45, 2.75) is 13.2 Å². The molecule has 2 heterocycles. The number of hydrogen-bond acceptors (Lipinski definition) is 6. The first-order chi connectivity index (χ1) is 12.6. The highest BCUT2D eigenvalue weighted by atomic mass is 32.1. The Kier molecular flexibility index (Phi) is 4.19. The van der Waals surface area contributed by atoms with Crippen molar-refractivity contribution in [1.29, 1.82) is 0 Å². The lowest BCUT2D eigenvalue weighted by Crippen LogP contribution is -2.13. The van der Waals surface area contributed by atoms with E-state index in [0.717, 1.165) is 16.8 Å². The highest BCUT2D eigenvalue weighted by Crippen LogP contribution is 2.30. The molecule has 3 aromatic rings. The molecule has 130 valence electrons. The van der Waals surface area contributed by atoms with Gasteiger partial charge in [0.15, 0.2) is 5.13 Å². The number of ether oxygens (including phenoxy) is 1. The van der Waals surface area contributed by atoms with Crippen LogP contribution in [0.3, 0.4) is 0 Å². The number of carbonyl (C=O) groups is 1. The van der Waals surface area contributed by atoms with E-state index in [9.17, 15) is 14.9 Å². The summed E-state index contributed by atoms with van der Waals surface area (Å²) < 4.78 is 5.41. The minimum atomic E-state index is -0.575. The Morgan fingerprint density at radius 3 is 2.85 bits per heavy atom. The lowest BCUT2D eigenvalue weighted by molar-refractivity contribution is -0.385. The van der Waals surface area contributed by atoms with Gasteiger partial charge in [0.05, 0.1) is 23.8 Å². The zero-order chi connectivity index (χ0) is 18.1. The number of aromatic nitrogens is 1. The number of amides is 1. The van der Waals surface area contributed by atoms with Crippen molar-refractivity contribution in [3.05, 3.63) is 74.6 Å². The molecule has 26 heavy (non-hydrogen) atoms. The van der Waals surface area contributed by atoms with Gasteiger partial charge in [-0.3, -0.25) is 20.2 Å². The summed E-state index contributed by atoms with van der Waals surface area (Å²) in [6.45, 7) is 1.22. The molecule has 1 aliphatic heterocycles. The van der Waals surface area contributed by atoms with Crippen molar-refractivity contribution >= 4 is 28.1 Å². The van der Waals surface area contributed by atoms with Gasteiger partial charge < -0.3 is 4.74 Å². The summed E-state index contributed by atoms with van der Waals surface area (Å²) in [6.07, 6.45) is 0. The van der Waals surface area contributed by atoms with Gasteiger partial charge in [-0.2, -0.15) is 0 Å². The number of carbonyl (C=O) groups excluding carboxylic acids is 1. The third-order valence-corrected chi connectivity index (χ3v) is 4.84. The summed E-state index contributed by atoms with van der Waals surface area (Å²) >= 11 is 1.27. The standard InChI is InChI=1S/C18H13N3O4S/c22-17(14-3-1-2-4-16(14)21(23)24)20-18-19-15(10-26-18)11-5-6-12-8-25-9-13(12)7-11/h1-7,10H,8-9H2,(H,19,20,22). The van der Waals surface area contributed by atoms with Crippen LogP contribution in [0, 0.1) is 10.1 Å². The van der Waals surface area contributed by atoms with Crippen molar-refractivity contribution in [2.75, 3.05) is 5.32 Å². The van der Waals surface area contributed by atoms with Crippen LogP contribution in [0.5, 0.6) is 0 Å². The van der Waals surface area contributed by atoms with E-state index in [1.54, 1.807) is 6.07 Å². The van der Waals surface area contributed by atoms with Gasteiger partial charge in [0.1, 0.15) is 5.56 Å². The van der Waals surface area contributed by atoms with Crippen molar-refractivity contribution in [3.8, 4) is 11.3 Å². The van der Waals surface area contributed by atoms with Crippen molar-refractivity contribution in [1.82, 2.24) is 4.98 Å². The second-order valence-electron chi connectivity index (χ2n) is 5.74. The van der Waals surface area contributed by atoms with Crippen LogP contribution in [0.25, 0.3) is 11.3 Å². The third kappa shape index (κ3) is 3.07. The number of nitro groups is 1. The maximum absolute atomic E-state index is 12.4. The number of anilines is 1. The van der Waals surface area contributed by atoms with Gasteiger partial charge in [-0.05, 0) is 23.3 Å². The van der Waals surface area contributed by atoms with Gasteiger partial charge in [-0.25, -0.2) is 4.98 Å². The lowest BCUT2D eigenvalue weighted by Gasteiger charge is -2.03. The van der Waals surface area contributed by atoms with Crippen LogP contribution in [0.1, 0.15) is 21.5 Å². The quantitative estimate of drug-likeness (QED) is 0.555. The maximum Gasteiger partial charge on any atom is 0.282 e. The first-order valence-electron chi connectivity index (χ1n) is 7.82. The van der Waals surface area contributed by atoms with Gasteiger partial charge in [0.2, 0.25) is 0 Å². The smallest absolute Gasteiger partial charge is 0.282 e. The number of rotatable bonds is 4. The van der Waals surface area contributed by atoms with E-state index in [4.69, 9.17) is 4.74 Å². The molecule has 0 saturated carbocycles. The van der Waals surface area contributed by atoms with Crippen LogP contribution in [0.4, 0.5) is 10.8 Å². The van der Waals surface area contributed by atoms with E-state index in [2.05, 4.69) is 10.3 Å². The third-order valence-electron chi connectivity index (χ3n) is 4.09. The monoisotopic (exact) mass is 367 g/mol. The molecule has 8 heteroatoms. The fourth-order valence-electron chi connectivity index (χ4n) is 2.78. The molecule has 0 saturated heterocycles. The van der Waals surface area contributed by atoms with E-state index < -0.39 is 10.8 Å². The molecule has 0 bridgehead atoms. The highest BCUT2D eigenvalue weighted by Gasteiger charge is 2.20. The normalized spacial score (nSPS) is 12.6. The van der Waals surface area contributed by atoms with Crippen LogP contribution in [-0.2, 0) is 18.0 Å². The lowest BCUT2D eigenvalue weighted by atomic mass is 10.1. The largest absolute Gasteiger partial charge is 0.372 e. The molecule has 0 fully saturated rings. The summed E-state index contributed by atoms with van der Waals surface area (Å²) in [6, 6.07) is 11.8.